The van der Waals surface area contributed by atoms with E-state index in [0.29, 0.717) is 5.92 Å². The van der Waals surface area contributed by atoms with Crippen molar-refractivity contribution in [3.05, 3.63) is 54.4 Å². The maximum atomic E-state index is 12.3. The van der Waals surface area contributed by atoms with Crippen LogP contribution in [0.25, 0.3) is 5.69 Å². The lowest BCUT2D eigenvalue weighted by atomic mass is 10.1. The molecule has 2 heterocycles. The molecule has 3 nitrogen and oxygen atoms in total. The van der Waals surface area contributed by atoms with Crippen molar-refractivity contribution in [2.24, 2.45) is 5.92 Å². The summed E-state index contributed by atoms with van der Waals surface area (Å²) in [6.07, 6.45) is 5.12. The quantitative estimate of drug-likeness (QED) is 0.809. The molecule has 0 saturated carbocycles. The van der Waals surface area contributed by atoms with Crippen LogP contribution in [-0.4, -0.2) is 28.5 Å². The predicted molar refractivity (Wildman–Crippen MR) is 75.5 cm³/mol. The highest BCUT2D eigenvalue weighted by atomic mass is 16.2. The van der Waals surface area contributed by atoms with E-state index in [0.717, 1.165) is 30.8 Å². The maximum Gasteiger partial charge on any atom is 0.253 e. The van der Waals surface area contributed by atoms with Crippen molar-refractivity contribution in [1.29, 1.82) is 0 Å². The van der Waals surface area contributed by atoms with E-state index in [1.807, 2.05) is 58.3 Å². The molecular formula is C16H18N2O. The summed E-state index contributed by atoms with van der Waals surface area (Å²) in [5, 5.41) is 0. The van der Waals surface area contributed by atoms with Crippen LogP contribution in [0.3, 0.4) is 0 Å². The summed E-state index contributed by atoms with van der Waals surface area (Å²) < 4.78 is 2.03. The van der Waals surface area contributed by atoms with Crippen LogP contribution in [0, 0.1) is 5.92 Å². The zero-order valence-electron chi connectivity index (χ0n) is 11.1. The molecule has 0 bridgehead atoms. The smallest absolute Gasteiger partial charge is 0.253 e. The van der Waals surface area contributed by atoms with E-state index >= 15 is 0 Å². The summed E-state index contributed by atoms with van der Waals surface area (Å²) in [6.45, 7) is 3.97. The van der Waals surface area contributed by atoms with Crippen LogP contribution in [0.4, 0.5) is 0 Å². The van der Waals surface area contributed by atoms with E-state index in [1.54, 1.807) is 0 Å². The lowest BCUT2D eigenvalue weighted by Crippen LogP contribution is -2.28. The van der Waals surface area contributed by atoms with Crippen molar-refractivity contribution in [3.63, 3.8) is 0 Å². The average Bonchev–Trinajstić information content (AvgIpc) is 3.09. The first kappa shape index (κ1) is 12.0. The van der Waals surface area contributed by atoms with Gasteiger partial charge in [0, 0.05) is 36.7 Å². The highest BCUT2D eigenvalue weighted by Gasteiger charge is 2.23. The largest absolute Gasteiger partial charge is 0.338 e. The molecule has 0 radical (unpaired) electrons. The van der Waals surface area contributed by atoms with Crippen LogP contribution in [0.2, 0.25) is 0 Å². The van der Waals surface area contributed by atoms with Crippen molar-refractivity contribution in [1.82, 2.24) is 9.47 Å². The number of hydrogen-bond donors (Lipinski definition) is 0. The lowest BCUT2D eigenvalue weighted by molar-refractivity contribution is 0.0788. The number of likely N-dealkylation sites (tertiary alicyclic amines) is 1. The van der Waals surface area contributed by atoms with Crippen molar-refractivity contribution in [2.45, 2.75) is 13.3 Å². The van der Waals surface area contributed by atoms with Gasteiger partial charge in [-0.3, -0.25) is 4.79 Å². The molecular weight excluding hydrogens is 236 g/mol. The Balaban J connectivity index is 1.77. The molecule has 2 aromatic rings. The number of nitrogens with zero attached hydrogens (tertiary/aromatic N) is 2. The number of rotatable bonds is 2. The second-order valence-electron chi connectivity index (χ2n) is 5.28. The van der Waals surface area contributed by atoms with Crippen molar-refractivity contribution < 1.29 is 4.79 Å². The first-order chi connectivity index (χ1) is 9.24. The van der Waals surface area contributed by atoms with Crippen molar-refractivity contribution in [3.8, 4) is 5.69 Å². The van der Waals surface area contributed by atoms with Gasteiger partial charge in [0.25, 0.3) is 5.91 Å². The average molecular weight is 254 g/mol. The Morgan fingerprint density at radius 3 is 2.42 bits per heavy atom. The van der Waals surface area contributed by atoms with Crippen LogP contribution in [0.5, 0.6) is 0 Å². The number of amides is 1. The van der Waals surface area contributed by atoms with E-state index < -0.39 is 0 Å². The van der Waals surface area contributed by atoms with Gasteiger partial charge >= 0.3 is 0 Å². The fourth-order valence-electron chi connectivity index (χ4n) is 2.58. The summed E-state index contributed by atoms with van der Waals surface area (Å²) in [5.41, 5.74) is 1.86. The standard InChI is InChI=1S/C16H18N2O/c1-13-8-11-18(12-13)16(19)14-4-6-15(7-5-14)17-9-2-3-10-17/h2-7,9-10,13H,8,11-12H2,1H3. The molecule has 1 saturated heterocycles. The van der Waals surface area contributed by atoms with Crippen LogP contribution in [0.15, 0.2) is 48.8 Å². The van der Waals surface area contributed by atoms with E-state index in [9.17, 15) is 4.79 Å². The van der Waals surface area contributed by atoms with Crippen LogP contribution < -0.4 is 0 Å². The highest BCUT2D eigenvalue weighted by Crippen LogP contribution is 2.18. The highest BCUT2D eigenvalue weighted by molar-refractivity contribution is 5.94. The Morgan fingerprint density at radius 2 is 1.84 bits per heavy atom. The Morgan fingerprint density at radius 1 is 1.16 bits per heavy atom. The van der Waals surface area contributed by atoms with Gasteiger partial charge in [0.15, 0.2) is 0 Å². The van der Waals surface area contributed by atoms with Gasteiger partial charge in [0.2, 0.25) is 0 Å². The Bertz CT molecular complexity index is 557. The Hall–Kier alpha value is -2.03. The minimum atomic E-state index is 0.156. The zero-order chi connectivity index (χ0) is 13.2. The molecule has 1 aliphatic rings. The second-order valence-corrected chi connectivity index (χ2v) is 5.28. The lowest BCUT2D eigenvalue weighted by Gasteiger charge is -2.16. The fourth-order valence-corrected chi connectivity index (χ4v) is 2.58. The molecule has 0 aliphatic carbocycles. The van der Waals surface area contributed by atoms with E-state index in [1.165, 1.54) is 0 Å². The van der Waals surface area contributed by atoms with Crippen LogP contribution in [0.1, 0.15) is 23.7 Å². The molecule has 0 N–H and O–H groups in total. The number of carbonyl (C=O) groups excluding carboxylic acids is 1. The molecule has 98 valence electrons. The molecule has 1 fully saturated rings. The van der Waals surface area contributed by atoms with E-state index in [2.05, 4.69) is 6.92 Å². The van der Waals surface area contributed by atoms with Crippen LogP contribution >= 0.6 is 0 Å². The van der Waals surface area contributed by atoms with Gasteiger partial charge in [-0.1, -0.05) is 6.92 Å². The monoisotopic (exact) mass is 254 g/mol. The summed E-state index contributed by atoms with van der Waals surface area (Å²) in [4.78, 5) is 14.3. The fraction of sp³-hybridized carbons (Fsp3) is 0.312. The molecule has 1 aromatic heterocycles. The number of hydrogen-bond acceptors (Lipinski definition) is 1. The Kier molecular flexibility index (Phi) is 3.11. The number of aromatic nitrogens is 1. The minimum Gasteiger partial charge on any atom is -0.338 e. The molecule has 3 heteroatoms. The number of benzene rings is 1. The molecule has 1 aliphatic heterocycles. The summed E-state index contributed by atoms with van der Waals surface area (Å²) in [6, 6.07) is 11.8. The Labute approximate surface area is 113 Å². The summed E-state index contributed by atoms with van der Waals surface area (Å²) in [7, 11) is 0. The summed E-state index contributed by atoms with van der Waals surface area (Å²) >= 11 is 0. The SMILES string of the molecule is CC1CCN(C(=O)c2ccc(-n3cccc3)cc2)C1. The molecule has 1 amide bonds. The molecule has 3 rings (SSSR count). The van der Waals surface area contributed by atoms with Gasteiger partial charge in [0.1, 0.15) is 0 Å². The first-order valence-electron chi connectivity index (χ1n) is 6.77. The van der Waals surface area contributed by atoms with Gasteiger partial charge in [-0.2, -0.15) is 0 Å². The maximum absolute atomic E-state index is 12.3. The summed E-state index contributed by atoms with van der Waals surface area (Å²) in [5.74, 6) is 0.784. The van der Waals surface area contributed by atoms with Gasteiger partial charge < -0.3 is 9.47 Å². The third-order valence-electron chi connectivity index (χ3n) is 3.73. The van der Waals surface area contributed by atoms with Gasteiger partial charge in [-0.25, -0.2) is 0 Å². The first-order valence-corrected chi connectivity index (χ1v) is 6.77. The molecule has 1 atom stereocenters. The van der Waals surface area contributed by atoms with E-state index in [-0.39, 0.29) is 5.91 Å². The van der Waals surface area contributed by atoms with Gasteiger partial charge in [0.05, 0.1) is 0 Å². The molecule has 0 spiro atoms. The topological polar surface area (TPSA) is 25.2 Å². The molecule has 1 unspecified atom stereocenters. The second kappa shape index (κ2) is 4.92. The van der Waals surface area contributed by atoms with Crippen LogP contribution in [-0.2, 0) is 0 Å². The third kappa shape index (κ3) is 2.41. The van der Waals surface area contributed by atoms with Gasteiger partial charge in [-0.05, 0) is 48.7 Å². The molecule has 19 heavy (non-hydrogen) atoms. The third-order valence-corrected chi connectivity index (χ3v) is 3.73. The minimum absolute atomic E-state index is 0.156. The predicted octanol–water partition coefficient (Wildman–Crippen LogP) is 2.96. The van der Waals surface area contributed by atoms with Gasteiger partial charge in [-0.15, -0.1) is 0 Å². The van der Waals surface area contributed by atoms with Crippen molar-refractivity contribution >= 4 is 5.91 Å². The van der Waals surface area contributed by atoms with E-state index in [4.69, 9.17) is 0 Å². The number of carbonyl (C=O) groups is 1. The zero-order valence-corrected chi connectivity index (χ0v) is 11.1. The normalized spacial score (nSPS) is 18.8. The molecule has 1 aromatic carbocycles. The van der Waals surface area contributed by atoms with Crippen molar-refractivity contribution in [2.75, 3.05) is 13.1 Å².